The number of amides is 1. The highest BCUT2D eigenvalue weighted by Gasteiger charge is 2.31. The van der Waals surface area contributed by atoms with Gasteiger partial charge in [-0.3, -0.25) is 14.6 Å². The van der Waals surface area contributed by atoms with Crippen LogP contribution in [0.15, 0.2) is 48.5 Å². The Morgan fingerprint density at radius 1 is 1.00 bits per heavy atom. The number of hydrogen-bond acceptors (Lipinski definition) is 4. The lowest BCUT2D eigenvalue weighted by Crippen LogP contribution is -2.41. The van der Waals surface area contributed by atoms with Crippen molar-refractivity contribution in [3.05, 3.63) is 65.5 Å². The number of carbonyl (C=O) groups is 1. The van der Waals surface area contributed by atoms with E-state index >= 15 is 0 Å². The van der Waals surface area contributed by atoms with Crippen LogP contribution in [0.25, 0.3) is 0 Å². The number of hydrogen-bond donors (Lipinski definition) is 0. The second-order valence-electron chi connectivity index (χ2n) is 8.52. The fourth-order valence-corrected chi connectivity index (χ4v) is 4.75. The first kappa shape index (κ1) is 21.8. The zero-order valence-corrected chi connectivity index (χ0v) is 18.3. The molecule has 0 aliphatic carbocycles. The Balaban J connectivity index is 1.33. The summed E-state index contributed by atoms with van der Waals surface area (Å²) in [6.45, 7) is 5.39. The molecular formula is C25H32FN3O2. The van der Waals surface area contributed by atoms with E-state index in [2.05, 4.69) is 15.9 Å². The Morgan fingerprint density at radius 2 is 1.81 bits per heavy atom. The molecule has 2 fully saturated rings. The van der Waals surface area contributed by atoms with Crippen LogP contribution in [0.2, 0.25) is 0 Å². The maximum absolute atomic E-state index is 14.0. The molecule has 2 aromatic carbocycles. The summed E-state index contributed by atoms with van der Waals surface area (Å²) in [5.41, 5.74) is 1.89. The average Bonchev–Trinajstić information content (AvgIpc) is 3.19. The molecular weight excluding hydrogens is 393 g/mol. The Labute approximate surface area is 184 Å². The molecule has 6 heteroatoms. The van der Waals surface area contributed by atoms with Gasteiger partial charge in [0.1, 0.15) is 11.6 Å². The summed E-state index contributed by atoms with van der Waals surface area (Å²) in [6, 6.07) is 15.2. The quantitative estimate of drug-likeness (QED) is 0.707. The summed E-state index contributed by atoms with van der Waals surface area (Å²) in [7, 11) is 1.67. The van der Waals surface area contributed by atoms with Crippen molar-refractivity contribution in [1.82, 2.24) is 14.7 Å². The van der Waals surface area contributed by atoms with Crippen molar-refractivity contribution in [3.63, 3.8) is 0 Å². The van der Waals surface area contributed by atoms with Gasteiger partial charge in [-0.05, 0) is 56.1 Å². The van der Waals surface area contributed by atoms with Crippen molar-refractivity contribution in [2.75, 3.05) is 46.4 Å². The van der Waals surface area contributed by atoms with E-state index in [1.807, 2.05) is 35.2 Å². The van der Waals surface area contributed by atoms with Crippen molar-refractivity contribution in [1.29, 1.82) is 0 Å². The third-order valence-corrected chi connectivity index (χ3v) is 6.44. The van der Waals surface area contributed by atoms with Gasteiger partial charge in [-0.2, -0.15) is 0 Å². The molecule has 2 aromatic rings. The normalized spacial score (nSPS) is 20.6. The molecule has 0 saturated carbocycles. The molecule has 4 rings (SSSR count). The van der Waals surface area contributed by atoms with Gasteiger partial charge in [0.2, 0.25) is 5.91 Å². The van der Waals surface area contributed by atoms with E-state index in [4.69, 9.17) is 4.74 Å². The van der Waals surface area contributed by atoms with Gasteiger partial charge < -0.3 is 9.64 Å². The molecule has 5 nitrogen and oxygen atoms in total. The minimum Gasteiger partial charge on any atom is -0.497 e. The molecule has 31 heavy (non-hydrogen) atoms. The van der Waals surface area contributed by atoms with Crippen molar-refractivity contribution in [3.8, 4) is 5.75 Å². The van der Waals surface area contributed by atoms with Gasteiger partial charge >= 0.3 is 0 Å². The van der Waals surface area contributed by atoms with Crippen LogP contribution in [0.3, 0.4) is 0 Å². The van der Waals surface area contributed by atoms with E-state index in [1.165, 1.54) is 6.07 Å². The Hall–Kier alpha value is -2.44. The fraction of sp³-hybridized carbons (Fsp3) is 0.480. The fourth-order valence-electron chi connectivity index (χ4n) is 4.75. The van der Waals surface area contributed by atoms with Gasteiger partial charge in [0.15, 0.2) is 0 Å². The molecule has 2 heterocycles. The molecule has 1 amide bonds. The van der Waals surface area contributed by atoms with Crippen LogP contribution < -0.4 is 4.74 Å². The standard InChI is InChI=1S/C25H32FN3O2/c1-31-22-9-4-8-20(17-22)24-11-5-14-29(24)25(30)19-28-13-6-12-27(15-16-28)18-21-7-2-3-10-23(21)26/h2-4,7-10,17,24H,5-6,11-16,18-19H2,1H3. The van der Waals surface area contributed by atoms with Gasteiger partial charge in [0.05, 0.1) is 19.7 Å². The van der Waals surface area contributed by atoms with E-state index in [9.17, 15) is 9.18 Å². The van der Waals surface area contributed by atoms with Crippen molar-refractivity contribution in [2.45, 2.75) is 31.8 Å². The highest BCUT2D eigenvalue weighted by atomic mass is 19.1. The maximum Gasteiger partial charge on any atom is 0.237 e. The third-order valence-electron chi connectivity index (χ3n) is 6.44. The van der Waals surface area contributed by atoms with Crippen molar-refractivity contribution in [2.24, 2.45) is 0 Å². The SMILES string of the molecule is COc1cccc(C2CCCN2C(=O)CN2CCCN(Cc3ccccc3F)CC2)c1. The first-order valence-corrected chi connectivity index (χ1v) is 11.3. The molecule has 1 unspecified atom stereocenters. The van der Waals surface area contributed by atoms with Crippen LogP contribution in [0.4, 0.5) is 4.39 Å². The number of halogens is 1. The second-order valence-corrected chi connectivity index (χ2v) is 8.52. The highest BCUT2D eigenvalue weighted by Crippen LogP contribution is 2.33. The van der Waals surface area contributed by atoms with Gasteiger partial charge in [-0.15, -0.1) is 0 Å². The first-order chi connectivity index (χ1) is 15.1. The molecule has 0 radical (unpaired) electrons. The molecule has 0 N–H and O–H groups in total. The molecule has 2 saturated heterocycles. The van der Waals surface area contributed by atoms with E-state index in [-0.39, 0.29) is 17.8 Å². The number of carbonyl (C=O) groups excluding carboxylic acids is 1. The molecule has 0 spiro atoms. The van der Waals surface area contributed by atoms with Crippen LogP contribution in [0.1, 0.15) is 36.4 Å². The van der Waals surface area contributed by atoms with Gasteiger partial charge in [0, 0.05) is 31.7 Å². The zero-order chi connectivity index (χ0) is 21.6. The lowest BCUT2D eigenvalue weighted by molar-refractivity contribution is -0.133. The Morgan fingerprint density at radius 3 is 2.65 bits per heavy atom. The van der Waals surface area contributed by atoms with Crippen LogP contribution in [0.5, 0.6) is 5.75 Å². The summed E-state index contributed by atoms with van der Waals surface area (Å²) in [5.74, 6) is 0.892. The predicted molar refractivity (Wildman–Crippen MR) is 119 cm³/mol. The summed E-state index contributed by atoms with van der Waals surface area (Å²) >= 11 is 0. The van der Waals surface area contributed by atoms with Crippen LogP contribution in [-0.4, -0.2) is 67.0 Å². The Kier molecular flexibility index (Phi) is 7.20. The molecule has 2 aliphatic heterocycles. The summed E-state index contributed by atoms with van der Waals surface area (Å²) in [4.78, 5) is 19.8. The van der Waals surface area contributed by atoms with Gasteiger partial charge in [-0.25, -0.2) is 4.39 Å². The number of likely N-dealkylation sites (tertiary alicyclic amines) is 1. The first-order valence-electron chi connectivity index (χ1n) is 11.3. The zero-order valence-electron chi connectivity index (χ0n) is 18.3. The lowest BCUT2D eigenvalue weighted by Gasteiger charge is -2.28. The largest absolute Gasteiger partial charge is 0.497 e. The second kappa shape index (κ2) is 10.2. The highest BCUT2D eigenvalue weighted by molar-refractivity contribution is 5.79. The van der Waals surface area contributed by atoms with Crippen LogP contribution in [0, 0.1) is 5.82 Å². The van der Waals surface area contributed by atoms with Gasteiger partial charge in [-0.1, -0.05) is 30.3 Å². The monoisotopic (exact) mass is 425 g/mol. The van der Waals surface area contributed by atoms with E-state index in [0.29, 0.717) is 13.1 Å². The van der Waals surface area contributed by atoms with Gasteiger partial charge in [0.25, 0.3) is 0 Å². The molecule has 166 valence electrons. The number of benzene rings is 2. The average molecular weight is 426 g/mol. The topological polar surface area (TPSA) is 36.0 Å². The van der Waals surface area contributed by atoms with E-state index in [0.717, 1.165) is 68.9 Å². The predicted octanol–water partition coefficient (Wildman–Crippen LogP) is 3.71. The minimum atomic E-state index is -0.142. The maximum atomic E-state index is 14.0. The number of nitrogens with zero attached hydrogens (tertiary/aromatic N) is 3. The Bertz CT molecular complexity index is 891. The van der Waals surface area contributed by atoms with Crippen LogP contribution >= 0.6 is 0 Å². The number of ether oxygens (including phenoxy) is 1. The van der Waals surface area contributed by atoms with Crippen LogP contribution in [-0.2, 0) is 11.3 Å². The minimum absolute atomic E-state index is 0.132. The van der Waals surface area contributed by atoms with Crippen molar-refractivity contribution < 1.29 is 13.9 Å². The molecule has 1 atom stereocenters. The lowest BCUT2D eigenvalue weighted by atomic mass is 10.0. The smallest absolute Gasteiger partial charge is 0.237 e. The molecule has 0 aromatic heterocycles. The number of rotatable bonds is 6. The van der Waals surface area contributed by atoms with E-state index in [1.54, 1.807) is 13.2 Å². The molecule has 0 bridgehead atoms. The molecule has 2 aliphatic rings. The van der Waals surface area contributed by atoms with E-state index < -0.39 is 0 Å². The summed E-state index contributed by atoms with van der Waals surface area (Å²) in [6.07, 6.45) is 3.01. The van der Waals surface area contributed by atoms with Crippen molar-refractivity contribution >= 4 is 5.91 Å². The summed E-state index contributed by atoms with van der Waals surface area (Å²) in [5, 5.41) is 0. The summed E-state index contributed by atoms with van der Waals surface area (Å²) < 4.78 is 19.4. The number of methoxy groups -OCH3 is 1. The third kappa shape index (κ3) is 5.43.